The van der Waals surface area contributed by atoms with Crippen molar-refractivity contribution < 1.29 is 9.47 Å². The van der Waals surface area contributed by atoms with Gasteiger partial charge < -0.3 is 9.47 Å². The molecular weight excluding hydrogens is 402 g/mol. The molecule has 5 rings (SSSR count). The molecule has 7 heteroatoms. The minimum Gasteiger partial charge on any atom is -0.454 e. The van der Waals surface area contributed by atoms with E-state index in [1.165, 1.54) is 5.56 Å². The van der Waals surface area contributed by atoms with Crippen molar-refractivity contribution in [3.63, 3.8) is 0 Å². The van der Waals surface area contributed by atoms with Crippen LogP contribution in [0.4, 0.5) is 0 Å². The van der Waals surface area contributed by atoms with Crippen molar-refractivity contribution in [2.45, 2.75) is 11.9 Å². The van der Waals surface area contributed by atoms with Gasteiger partial charge in [0.05, 0.1) is 9.71 Å². The lowest BCUT2D eigenvalue weighted by Crippen LogP contribution is -1.93. The van der Waals surface area contributed by atoms with E-state index in [1.54, 1.807) is 23.1 Å². The van der Waals surface area contributed by atoms with Gasteiger partial charge in [0, 0.05) is 11.3 Å². The molecule has 5 nitrogen and oxygen atoms in total. The van der Waals surface area contributed by atoms with E-state index in [0.29, 0.717) is 0 Å². The number of hydrogen-bond acceptors (Lipinski definition) is 7. The number of rotatable bonds is 5. The minimum atomic E-state index is 0.256. The fourth-order valence-corrected chi connectivity index (χ4v) is 4.85. The summed E-state index contributed by atoms with van der Waals surface area (Å²) in [4.78, 5) is 4.72. The Hall–Kier alpha value is -2.90. The Morgan fingerprint density at radius 1 is 1.07 bits per heavy atom. The topological polar surface area (TPSA) is 57.1 Å². The molecule has 1 aliphatic heterocycles. The number of aromatic nitrogens is 3. The number of ether oxygens (including phenoxy) is 2. The van der Waals surface area contributed by atoms with Gasteiger partial charge in [0.15, 0.2) is 11.5 Å². The highest BCUT2D eigenvalue weighted by molar-refractivity contribution is 7.99. The molecule has 0 aliphatic carbocycles. The highest BCUT2D eigenvalue weighted by atomic mass is 32.2. The van der Waals surface area contributed by atoms with Crippen molar-refractivity contribution in [3.8, 4) is 22.8 Å². The third-order valence-electron chi connectivity index (χ3n) is 4.46. The molecule has 0 radical (unpaired) electrons. The molecular formula is C22H17N3O2S2. The molecule has 0 amide bonds. The monoisotopic (exact) mass is 419 g/mol. The van der Waals surface area contributed by atoms with Gasteiger partial charge in [-0.15, -0.1) is 21.5 Å². The third-order valence-corrected chi connectivity index (χ3v) is 6.35. The maximum atomic E-state index is 5.51. The number of fused-ring (bicyclic) bond motifs is 2. The SMILES string of the molecule is Cc1nc2c(SC/C=C/c3ccccc3)nnc(-c3ccc4c(c3)OCO4)c2s1. The van der Waals surface area contributed by atoms with Crippen molar-refractivity contribution in [2.24, 2.45) is 0 Å². The van der Waals surface area contributed by atoms with Crippen molar-refractivity contribution in [2.75, 3.05) is 12.5 Å². The van der Waals surface area contributed by atoms with Crippen LogP contribution in [-0.4, -0.2) is 27.7 Å². The molecule has 0 unspecified atom stereocenters. The standard InChI is InChI=1S/C22H17N3O2S2/c1-14-23-20-21(29-14)19(16-9-10-17-18(12-16)27-13-26-17)24-25-22(20)28-11-5-8-15-6-3-2-4-7-15/h2-10,12H,11,13H2,1H3/b8-5+. The number of thioether (sulfide) groups is 1. The number of aryl methyl sites for hydroxylation is 1. The Bertz CT molecular complexity index is 1210. The average Bonchev–Trinajstić information content (AvgIpc) is 3.37. The first-order chi connectivity index (χ1) is 14.3. The lowest BCUT2D eigenvalue weighted by Gasteiger charge is -2.05. The zero-order valence-corrected chi connectivity index (χ0v) is 17.3. The Morgan fingerprint density at radius 3 is 2.83 bits per heavy atom. The molecule has 0 atom stereocenters. The Morgan fingerprint density at radius 2 is 1.93 bits per heavy atom. The van der Waals surface area contributed by atoms with Gasteiger partial charge in [-0.25, -0.2) is 4.98 Å². The normalized spacial score (nSPS) is 12.9. The van der Waals surface area contributed by atoms with E-state index < -0.39 is 0 Å². The molecule has 3 heterocycles. The molecule has 1 aliphatic rings. The van der Waals surface area contributed by atoms with Gasteiger partial charge in [-0.3, -0.25) is 0 Å². The molecule has 29 heavy (non-hydrogen) atoms. The van der Waals surface area contributed by atoms with E-state index in [-0.39, 0.29) is 6.79 Å². The maximum absolute atomic E-state index is 5.51. The third kappa shape index (κ3) is 3.71. The van der Waals surface area contributed by atoms with Gasteiger partial charge in [0.2, 0.25) is 6.79 Å². The lowest BCUT2D eigenvalue weighted by atomic mass is 10.1. The van der Waals surface area contributed by atoms with E-state index >= 15 is 0 Å². The molecule has 0 N–H and O–H groups in total. The van der Waals surface area contributed by atoms with Crippen molar-refractivity contribution in [3.05, 3.63) is 65.2 Å². The summed E-state index contributed by atoms with van der Waals surface area (Å²) in [5.41, 5.74) is 3.88. The van der Waals surface area contributed by atoms with Crippen molar-refractivity contribution in [1.29, 1.82) is 0 Å². The lowest BCUT2D eigenvalue weighted by molar-refractivity contribution is 0.174. The molecule has 0 bridgehead atoms. The van der Waals surface area contributed by atoms with Crippen LogP contribution in [0.15, 0.2) is 59.6 Å². The van der Waals surface area contributed by atoms with Gasteiger partial charge in [0.25, 0.3) is 0 Å². The van der Waals surface area contributed by atoms with Gasteiger partial charge in [-0.1, -0.05) is 54.2 Å². The molecule has 2 aromatic carbocycles. The van der Waals surface area contributed by atoms with E-state index in [1.807, 2.05) is 43.3 Å². The van der Waals surface area contributed by atoms with Gasteiger partial charge in [0.1, 0.15) is 16.2 Å². The summed E-state index contributed by atoms with van der Waals surface area (Å²) in [5.74, 6) is 2.30. The predicted molar refractivity (Wildman–Crippen MR) is 118 cm³/mol. The first-order valence-corrected chi connectivity index (χ1v) is 11.0. The quantitative estimate of drug-likeness (QED) is 0.393. The summed E-state index contributed by atoms with van der Waals surface area (Å²) in [6.45, 7) is 2.27. The molecule has 4 aromatic rings. The zero-order chi connectivity index (χ0) is 19.6. The van der Waals surface area contributed by atoms with E-state index in [0.717, 1.165) is 48.8 Å². The largest absolute Gasteiger partial charge is 0.454 e. The summed E-state index contributed by atoms with van der Waals surface area (Å²) in [6, 6.07) is 16.1. The van der Waals surface area contributed by atoms with Crippen LogP contribution >= 0.6 is 23.1 Å². The van der Waals surface area contributed by atoms with Gasteiger partial charge in [-0.05, 0) is 30.7 Å². The summed E-state index contributed by atoms with van der Waals surface area (Å²) in [5, 5.41) is 10.9. The Balaban J connectivity index is 1.43. The number of hydrogen-bond donors (Lipinski definition) is 0. The summed E-state index contributed by atoms with van der Waals surface area (Å²) >= 11 is 3.29. The highest BCUT2D eigenvalue weighted by Gasteiger charge is 2.19. The van der Waals surface area contributed by atoms with E-state index in [2.05, 4.69) is 34.5 Å². The van der Waals surface area contributed by atoms with Crippen LogP contribution in [0, 0.1) is 6.92 Å². The fourth-order valence-electron chi connectivity index (χ4n) is 3.13. The van der Waals surface area contributed by atoms with Crippen LogP contribution in [0.2, 0.25) is 0 Å². The number of nitrogens with zero attached hydrogens (tertiary/aromatic N) is 3. The second kappa shape index (κ2) is 7.85. The second-order valence-corrected chi connectivity index (χ2v) is 8.67. The minimum absolute atomic E-state index is 0.256. The smallest absolute Gasteiger partial charge is 0.231 e. The van der Waals surface area contributed by atoms with Crippen LogP contribution < -0.4 is 9.47 Å². The van der Waals surface area contributed by atoms with E-state index in [9.17, 15) is 0 Å². The first-order valence-electron chi connectivity index (χ1n) is 9.16. The maximum Gasteiger partial charge on any atom is 0.231 e. The number of thiazole rings is 1. The summed E-state index contributed by atoms with van der Waals surface area (Å²) in [6.07, 6.45) is 4.25. The molecule has 0 saturated carbocycles. The van der Waals surface area contributed by atoms with Crippen LogP contribution in [0.25, 0.3) is 27.6 Å². The van der Waals surface area contributed by atoms with Gasteiger partial charge >= 0.3 is 0 Å². The van der Waals surface area contributed by atoms with Crippen LogP contribution in [0.3, 0.4) is 0 Å². The second-order valence-electron chi connectivity index (χ2n) is 6.46. The van der Waals surface area contributed by atoms with Crippen LogP contribution in [-0.2, 0) is 0 Å². The molecule has 2 aromatic heterocycles. The highest BCUT2D eigenvalue weighted by Crippen LogP contribution is 2.39. The summed E-state index contributed by atoms with van der Waals surface area (Å²) < 4.78 is 12.0. The van der Waals surface area contributed by atoms with Gasteiger partial charge in [-0.2, -0.15) is 0 Å². The fraction of sp³-hybridized carbons (Fsp3) is 0.136. The molecule has 0 saturated heterocycles. The molecule has 0 fully saturated rings. The van der Waals surface area contributed by atoms with Crippen LogP contribution in [0.1, 0.15) is 10.6 Å². The average molecular weight is 420 g/mol. The van der Waals surface area contributed by atoms with Crippen LogP contribution in [0.5, 0.6) is 11.5 Å². The molecule has 0 spiro atoms. The first kappa shape index (κ1) is 18.1. The van der Waals surface area contributed by atoms with Crippen molar-refractivity contribution >= 4 is 39.4 Å². The van der Waals surface area contributed by atoms with Crippen molar-refractivity contribution in [1.82, 2.24) is 15.2 Å². The Kier molecular flexibility index (Phi) is 4.91. The summed E-state index contributed by atoms with van der Waals surface area (Å²) in [7, 11) is 0. The predicted octanol–water partition coefficient (Wildman–Crippen LogP) is 5.60. The Labute approximate surface area is 176 Å². The van der Waals surface area contributed by atoms with E-state index in [4.69, 9.17) is 14.5 Å². The number of benzene rings is 2. The molecule has 144 valence electrons. The zero-order valence-electron chi connectivity index (χ0n) is 15.7.